The Balaban J connectivity index is 1.52. The van der Waals surface area contributed by atoms with Crippen LogP contribution in [0.2, 0.25) is 5.02 Å². The maximum absolute atomic E-state index is 13.6. The highest BCUT2D eigenvalue weighted by Gasteiger charge is 2.22. The summed E-state index contributed by atoms with van der Waals surface area (Å²) in [4.78, 5) is 18.6. The first-order valence-electron chi connectivity index (χ1n) is 13.0. The van der Waals surface area contributed by atoms with Crippen LogP contribution in [-0.4, -0.2) is 22.5 Å². The average molecular weight is 674 g/mol. The fraction of sp³-hybridized carbons (Fsp3) is 0.300. The molecule has 1 heterocycles. The summed E-state index contributed by atoms with van der Waals surface area (Å²) in [6.45, 7) is 2.69. The molecular weight excluding hydrogens is 646 g/mol. The number of benzene rings is 3. The molecule has 0 unspecified atom stereocenters. The van der Waals surface area contributed by atoms with E-state index in [4.69, 9.17) is 26.1 Å². The molecule has 0 radical (unpaired) electrons. The van der Waals surface area contributed by atoms with Crippen molar-refractivity contribution in [2.45, 2.75) is 51.6 Å². The molecule has 9 heteroatoms. The first kappa shape index (κ1) is 27.9. The van der Waals surface area contributed by atoms with Crippen molar-refractivity contribution in [3.63, 3.8) is 0 Å². The third-order valence-electron chi connectivity index (χ3n) is 6.82. The zero-order valence-electron chi connectivity index (χ0n) is 21.5. The van der Waals surface area contributed by atoms with Crippen LogP contribution in [0.3, 0.4) is 0 Å². The number of fused-ring (bicyclic) bond motifs is 1. The van der Waals surface area contributed by atoms with Gasteiger partial charge in [0.2, 0.25) is 0 Å². The molecule has 6 nitrogen and oxygen atoms in total. The van der Waals surface area contributed by atoms with E-state index in [1.54, 1.807) is 12.3 Å². The molecule has 0 spiro atoms. The maximum atomic E-state index is 13.6. The van der Waals surface area contributed by atoms with Crippen molar-refractivity contribution >= 4 is 60.6 Å². The Hall–Kier alpha value is -2.68. The van der Waals surface area contributed by atoms with Crippen molar-refractivity contribution in [2.75, 3.05) is 6.61 Å². The van der Waals surface area contributed by atoms with Gasteiger partial charge in [0.15, 0.2) is 11.5 Å². The first-order chi connectivity index (χ1) is 18.9. The zero-order valence-corrected chi connectivity index (χ0v) is 25.4. The Bertz CT molecular complexity index is 1580. The van der Waals surface area contributed by atoms with Crippen LogP contribution in [0.1, 0.15) is 61.9 Å². The van der Waals surface area contributed by atoms with Gasteiger partial charge in [-0.2, -0.15) is 9.78 Å². The van der Waals surface area contributed by atoms with Gasteiger partial charge in [0.1, 0.15) is 12.4 Å². The molecule has 0 saturated heterocycles. The fourth-order valence-electron chi connectivity index (χ4n) is 4.82. The van der Waals surface area contributed by atoms with Gasteiger partial charge in [-0.15, -0.1) is 0 Å². The highest BCUT2D eigenvalue weighted by molar-refractivity contribution is 9.10. The SMILES string of the molecule is CCOc1cc(C=Nn2c(C3CCCCC3)nc3ccc(Br)cc3c2=O)c(Br)cc1OCc1ccccc1Cl. The van der Waals surface area contributed by atoms with Crippen LogP contribution >= 0.6 is 43.5 Å². The molecule has 1 fully saturated rings. The standard InChI is InChI=1S/C30H28Br2ClN3O3/c1-2-38-27-14-21(24(32)16-28(27)39-18-20-10-6-7-11-25(20)33)17-34-36-29(19-8-4-3-5-9-19)35-26-13-12-22(31)15-23(26)30(36)37/h6-7,10-17,19H,2-5,8-9,18H2,1H3. The van der Waals surface area contributed by atoms with E-state index in [2.05, 4.69) is 37.0 Å². The molecule has 3 aromatic carbocycles. The summed E-state index contributed by atoms with van der Waals surface area (Å²) in [5.74, 6) is 2.07. The molecule has 39 heavy (non-hydrogen) atoms. The summed E-state index contributed by atoms with van der Waals surface area (Å²) >= 11 is 13.4. The molecule has 1 aliphatic carbocycles. The van der Waals surface area contributed by atoms with Crippen LogP contribution in [0.25, 0.3) is 10.9 Å². The molecule has 0 atom stereocenters. The lowest BCUT2D eigenvalue weighted by Crippen LogP contribution is -2.25. The fourth-order valence-corrected chi connectivity index (χ4v) is 5.80. The van der Waals surface area contributed by atoms with Gasteiger partial charge in [-0.1, -0.05) is 65.0 Å². The maximum Gasteiger partial charge on any atom is 0.282 e. The quantitative estimate of drug-likeness (QED) is 0.176. The second kappa shape index (κ2) is 12.7. The molecule has 0 N–H and O–H groups in total. The highest BCUT2D eigenvalue weighted by Crippen LogP contribution is 2.35. The number of ether oxygens (including phenoxy) is 2. The van der Waals surface area contributed by atoms with E-state index in [0.717, 1.165) is 45.8 Å². The minimum Gasteiger partial charge on any atom is -0.490 e. The average Bonchev–Trinajstić information content (AvgIpc) is 2.94. The van der Waals surface area contributed by atoms with Gasteiger partial charge >= 0.3 is 0 Å². The summed E-state index contributed by atoms with van der Waals surface area (Å²) in [5.41, 5.74) is 2.14. The van der Waals surface area contributed by atoms with Crippen molar-refractivity contribution in [3.05, 3.63) is 95.9 Å². The van der Waals surface area contributed by atoms with Gasteiger partial charge in [0.25, 0.3) is 5.56 Å². The first-order valence-corrected chi connectivity index (χ1v) is 15.0. The van der Waals surface area contributed by atoms with E-state index in [1.807, 2.05) is 55.5 Å². The normalized spacial score (nSPS) is 14.3. The predicted octanol–water partition coefficient (Wildman–Crippen LogP) is 8.48. The number of halogens is 3. The van der Waals surface area contributed by atoms with Crippen molar-refractivity contribution < 1.29 is 9.47 Å². The molecular formula is C30H28Br2ClN3O3. The third-order valence-corrected chi connectivity index (χ3v) is 8.37. The molecule has 1 aliphatic rings. The largest absolute Gasteiger partial charge is 0.490 e. The molecule has 0 amide bonds. The minimum absolute atomic E-state index is 0.182. The van der Waals surface area contributed by atoms with Gasteiger partial charge in [0, 0.05) is 31.0 Å². The van der Waals surface area contributed by atoms with Gasteiger partial charge < -0.3 is 9.47 Å². The Morgan fingerprint density at radius 1 is 1.05 bits per heavy atom. The lowest BCUT2D eigenvalue weighted by molar-refractivity contribution is 0.269. The number of hydrogen-bond acceptors (Lipinski definition) is 5. The van der Waals surface area contributed by atoms with E-state index in [1.165, 1.54) is 11.1 Å². The van der Waals surface area contributed by atoms with Crippen molar-refractivity contribution in [1.29, 1.82) is 0 Å². The Kier molecular flexibility index (Phi) is 9.05. The van der Waals surface area contributed by atoms with E-state index < -0.39 is 0 Å². The van der Waals surface area contributed by atoms with E-state index in [0.29, 0.717) is 46.5 Å². The van der Waals surface area contributed by atoms with Gasteiger partial charge in [-0.05, 0) is 72.1 Å². The second-order valence-corrected chi connectivity index (χ2v) is 11.6. The Morgan fingerprint density at radius 2 is 1.82 bits per heavy atom. The topological polar surface area (TPSA) is 65.7 Å². The van der Waals surface area contributed by atoms with Crippen LogP contribution in [0.5, 0.6) is 11.5 Å². The highest BCUT2D eigenvalue weighted by atomic mass is 79.9. The lowest BCUT2D eigenvalue weighted by Gasteiger charge is -2.22. The molecule has 0 bridgehead atoms. The van der Waals surface area contributed by atoms with Crippen LogP contribution < -0.4 is 15.0 Å². The van der Waals surface area contributed by atoms with Crippen molar-refractivity contribution in [2.24, 2.45) is 5.10 Å². The van der Waals surface area contributed by atoms with Crippen molar-refractivity contribution in [1.82, 2.24) is 9.66 Å². The zero-order chi connectivity index (χ0) is 27.4. The lowest BCUT2D eigenvalue weighted by atomic mass is 9.88. The summed E-state index contributed by atoms with van der Waals surface area (Å²) in [6, 6.07) is 16.9. The molecule has 0 aliphatic heterocycles. The third kappa shape index (κ3) is 6.39. The Labute approximate surface area is 249 Å². The van der Waals surface area contributed by atoms with E-state index >= 15 is 0 Å². The van der Waals surface area contributed by atoms with E-state index in [-0.39, 0.29) is 11.5 Å². The van der Waals surface area contributed by atoms with Gasteiger partial charge in [0.05, 0.1) is 23.7 Å². The van der Waals surface area contributed by atoms with Crippen LogP contribution in [-0.2, 0) is 6.61 Å². The van der Waals surface area contributed by atoms with Crippen LogP contribution in [0.4, 0.5) is 0 Å². The molecule has 5 rings (SSSR count). The second-order valence-electron chi connectivity index (χ2n) is 9.46. The summed E-state index contributed by atoms with van der Waals surface area (Å²) in [6.07, 6.45) is 7.13. The minimum atomic E-state index is -0.182. The summed E-state index contributed by atoms with van der Waals surface area (Å²) in [7, 11) is 0. The number of rotatable bonds is 8. The Morgan fingerprint density at radius 3 is 2.59 bits per heavy atom. The number of nitrogens with zero attached hydrogens (tertiary/aromatic N) is 3. The molecule has 1 saturated carbocycles. The number of hydrogen-bond donors (Lipinski definition) is 0. The van der Waals surface area contributed by atoms with Crippen molar-refractivity contribution in [3.8, 4) is 11.5 Å². The molecule has 202 valence electrons. The van der Waals surface area contributed by atoms with Gasteiger partial charge in [-0.25, -0.2) is 4.98 Å². The monoisotopic (exact) mass is 671 g/mol. The number of aromatic nitrogens is 2. The summed E-state index contributed by atoms with van der Waals surface area (Å²) in [5, 5.41) is 5.86. The van der Waals surface area contributed by atoms with Gasteiger partial charge in [-0.3, -0.25) is 4.79 Å². The van der Waals surface area contributed by atoms with Crippen LogP contribution in [0, 0.1) is 0 Å². The molecule has 4 aromatic rings. The smallest absolute Gasteiger partial charge is 0.282 e. The predicted molar refractivity (Wildman–Crippen MR) is 164 cm³/mol. The molecule has 1 aromatic heterocycles. The summed E-state index contributed by atoms with van der Waals surface area (Å²) < 4.78 is 15.0. The van der Waals surface area contributed by atoms with Crippen LogP contribution in [0.15, 0.2) is 73.4 Å². The van der Waals surface area contributed by atoms with E-state index in [9.17, 15) is 4.79 Å².